The van der Waals surface area contributed by atoms with E-state index in [1.165, 1.54) is 12.8 Å². The molecule has 0 spiro atoms. The highest BCUT2D eigenvalue weighted by atomic mass is 16.5. The van der Waals surface area contributed by atoms with Crippen molar-refractivity contribution in [3.8, 4) is 0 Å². The summed E-state index contributed by atoms with van der Waals surface area (Å²) in [5, 5.41) is 0. The van der Waals surface area contributed by atoms with Crippen LogP contribution in [0.25, 0.3) is 0 Å². The van der Waals surface area contributed by atoms with E-state index >= 15 is 0 Å². The second-order valence-corrected chi connectivity index (χ2v) is 3.96. The molecule has 2 heteroatoms. The van der Waals surface area contributed by atoms with Crippen LogP contribution in [0.15, 0.2) is 0 Å². The van der Waals surface area contributed by atoms with Gasteiger partial charge >= 0.3 is 0 Å². The van der Waals surface area contributed by atoms with E-state index in [1.54, 1.807) is 0 Å². The maximum Gasteiger partial charge on any atom is 0.0622 e. The average molecular weight is 155 g/mol. The summed E-state index contributed by atoms with van der Waals surface area (Å²) in [6, 6.07) is 2.17. The first-order valence-corrected chi connectivity index (χ1v) is 4.64. The normalized spacial score (nSPS) is 38.5. The summed E-state index contributed by atoms with van der Waals surface area (Å²) in [5.41, 5.74) is 0. The molecule has 2 heterocycles. The van der Waals surface area contributed by atoms with Crippen LogP contribution in [0.3, 0.4) is 0 Å². The van der Waals surface area contributed by atoms with Gasteiger partial charge in [0.05, 0.1) is 13.2 Å². The molecule has 64 valence electrons. The minimum absolute atomic E-state index is 0.705. The van der Waals surface area contributed by atoms with E-state index in [1.807, 2.05) is 0 Å². The van der Waals surface area contributed by atoms with Crippen LogP contribution < -0.4 is 0 Å². The molecule has 2 nitrogen and oxygen atoms in total. The lowest BCUT2D eigenvalue weighted by Gasteiger charge is -2.37. The molecule has 2 bridgehead atoms. The van der Waals surface area contributed by atoms with Gasteiger partial charge in [0.2, 0.25) is 0 Å². The van der Waals surface area contributed by atoms with Gasteiger partial charge in [-0.1, -0.05) is 0 Å². The lowest BCUT2D eigenvalue weighted by Crippen LogP contribution is -2.49. The highest BCUT2D eigenvalue weighted by Gasteiger charge is 2.38. The third-order valence-corrected chi connectivity index (χ3v) is 2.89. The Morgan fingerprint density at radius 1 is 1.18 bits per heavy atom. The Bertz CT molecular complexity index is 130. The Morgan fingerprint density at radius 2 is 1.73 bits per heavy atom. The molecular weight excluding hydrogens is 138 g/mol. The second-order valence-electron chi connectivity index (χ2n) is 3.96. The minimum Gasteiger partial charge on any atom is -0.378 e. The number of fused-ring (bicyclic) bond motifs is 2. The Labute approximate surface area is 68.5 Å². The van der Waals surface area contributed by atoms with Crippen LogP contribution in [0.2, 0.25) is 0 Å². The highest BCUT2D eigenvalue weighted by molar-refractivity contribution is 4.92. The van der Waals surface area contributed by atoms with Crippen molar-refractivity contribution >= 4 is 0 Å². The number of ether oxygens (including phenoxy) is 1. The van der Waals surface area contributed by atoms with Gasteiger partial charge in [-0.05, 0) is 26.7 Å². The Hall–Kier alpha value is -0.0800. The summed E-state index contributed by atoms with van der Waals surface area (Å²) in [4.78, 5) is 2.63. The van der Waals surface area contributed by atoms with Gasteiger partial charge in [0.25, 0.3) is 0 Å². The molecule has 0 radical (unpaired) electrons. The molecule has 0 aromatic heterocycles. The van der Waals surface area contributed by atoms with Crippen molar-refractivity contribution in [2.75, 3.05) is 13.2 Å². The van der Waals surface area contributed by atoms with Gasteiger partial charge in [0, 0.05) is 18.1 Å². The highest BCUT2D eigenvalue weighted by Crippen LogP contribution is 2.30. The molecular formula is C9H17NO. The van der Waals surface area contributed by atoms with Crippen molar-refractivity contribution in [3.05, 3.63) is 0 Å². The Kier molecular flexibility index (Phi) is 1.90. The van der Waals surface area contributed by atoms with Crippen LogP contribution in [0.5, 0.6) is 0 Å². The maximum absolute atomic E-state index is 5.50. The molecule has 2 aliphatic rings. The number of hydrogen-bond acceptors (Lipinski definition) is 2. The third-order valence-electron chi connectivity index (χ3n) is 2.89. The smallest absolute Gasteiger partial charge is 0.0622 e. The van der Waals surface area contributed by atoms with E-state index in [2.05, 4.69) is 18.7 Å². The standard InChI is InChI=1S/C9H17NO/c1-7(2)10-8-3-4-9(10)6-11-5-8/h7-9H,3-6H2,1-2H3/t8-,9+. The van der Waals surface area contributed by atoms with Gasteiger partial charge in [0.1, 0.15) is 0 Å². The molecule has 0 aromatic rings. The van der Waals surface area contributed by atoms with Gasteiger partial charge in [-0.3, -0.25) is 4.90 Å². The van der Waals surface area contributed by atoms with Crippen LogP contribution in [-0.2, 0) is 4.74 Å². The van der Waals surface area contributed by atoms with Crippen molar-refractivity contribution < 1.29 is 4.74 Å². The number of morpholine rings is 1. The van der Waals surface area contributed by atoms with E-state index in [4.69, 9.17) is 4.74 Å². The molecule has 0 saturated carbocycles. The summed E-state index contributed by atoms with van der Waals surface area (Å²) in [5.74, 6) is 0. The van der Waals surface area contributed by atoms with Crippen molar-refractivity contribution in [1.29, 1.82) is 0 Å². The zero-order valence-electron chi connectivity index (χ0n) is 7.42. The lowest BCUT2D eigenvalue weighted by atomic mass is 10.2. The predicted octanol–water partition coefficient (Wildman–Crippen LogP) is 1.26. The SMILES string of the molecule is CC(C)N1[C@@H]2CC[C@H]1COC2. The number of rotatable bonds is 1. The van der Waals surface area contributed by atoms with E-state index in [0.29, 0.717) is 6.04 Å². The molecule has 2 aliphatic heterocycles. The first-order chi connectivity index (χ1) is 5.29. The molecule has 0 N–H and O–H groups in total. The zero-order chi connectivity index (χ0) is 7.84. The van der Waals surface area contributed by atoms with Crippen molar-refractivity contribution in [3.63, 3.8) is 0 Å². The molecule has 2 saturated heterocycles. The first-order valence-electron chi connectivity index (χ1n) is 4.64. The van der Waals surface area contributed by atoms with Crippen molar-refractivity contribution in [1.82, 2.24) is 4.90 Å². The quantitative estimate of drug-likeness (QED) is 0.565. The summed E-state index contributed by atoms with van der Waals surface area (Å²) in [7, 11) is 0. The van der Waals surface area contributed by atoms with Crippen LogP contribution in [-0.4, -0.2) is 36.2 Å². The van der Waals surface area contributed by atoms with E-state index in [0.717, 1.165) is 25.3 Å². The van der Waals surface area contributed by atoms with Crippen molar-refractivity contribution in [2.24, 2.45) is 0 Å². The Morgan fingerprint density at radius 3 is 2.09 bits per heavy atom. The Balaban J connectivity index is 2.09. The molecule has 2 fully saturated rings. The maximum atomic E-state index is 5.50. The fourth-order valence-corrected chi connectivity index (χ4v) is 2.50. The first kappa shape index (κ1) is 7.56. The zero-order valence-corrected chi connectivity index (χ0v) is 7.42. The monoisotopic (exact) mass is 155 g/mol. The molecule has 2 atom stereocenters. The van der Waals surface area contributed by atoms with Gasteiger partial charge in [-0.25, -0.2) is 0 Å². The minimum atomic E-state index is 0.705. The molecule has 2 rings (SSSR count). The fraction of sp³-hybridized carbons (Fsp3) is 1.00. The van der Waals surface area contributed by atoms with Gasteiger partial charge in [-0.15, -0.1) is 0 Å². The number of nitrogens with zero attached hydrogens (tertiary/aromatic N) is 1. The van der Waals surface area contributed by atoms with Gasteiger partial charge in [-0.2, -0.15) is 0 Å². The molecule has 11 heavy (non-hydrogen) atoms. The van der Waals surface area contributed by atoms with E-state index in [-0.39, 0.29) is 0 Å². The summed E-state index contributed by atoms with van der Waals surface area (Å²) in [6.45, 7) is 6.51. The van der Waals surface area contributed by atoms with Crippen LogP contribution in [0.4, 0.5) is 0 Å². The van der Waals surface area contributed by atoms with E-state index in [9.17, 15) is 0 Å². The molecule has 0 unspecified atom stereocenters. The predicted molar refractivity (Wildman–Crippen MR) is 44.6 cm³/mol. The topological polar surface area (TPSA) is 12.5 Å². The van der Waals surface area contributed by atoms with Gasteiger partial charge in [0.15, 0.2) is 0 Å². The van der Waals surface area contributed by atoms with Crippen LogP contribution in [0, 0.1) is 0 Å². The second kappa shape index (κ2) is 2.76. The van der Waals surface area contributed by atoms with Gasteiger partial charge < -0.3 is 4.74 Å². The largest absolute Gasteiger partial charge is 0.378 e. The summed E-state index contributed by atoms with van der Waals surface area (Å²) in [6.07, 6.45) is 2.70. The molecule has 0 aliphatic carbocycles. The van der Waals surface area contributed by atoms with E-state index < -0.39 is 0 Å². The summed E-state index contributed by atoms with van der Waals surface area (Å²) < 4.78 is 5.50. The van der Waals surface area contributed by atoms with Crippen LogP contribution in [0.1, 0.15) is 26.7 Å². The average Bonchev–Trinajstić information content (AvgIpc) is 2.23. The number of hydrogen-bond donors (Lipinski definition) is 0. The lowest BCUT2D eigenvalue weighted by molar-refractivity contribution is -0.0293. The third kappa shape index (κ3) is 1.18. The molecule has 0 aromatic carbocycles. The molecule has 0 amide bonds. The van der Waals surface area contributed by atoms with Crippen molar-refractivity contribution in [2.45, 2.75) is 44.8 Å². The van der Waals surface area contributed by atoms with Crippen LogP contribution >= 0.6 is 0 Å². The fourth-order valence-electron chi connectivity index (χ4n) is 2.50. The summed E-state index contributed by atoms with van der Waals surface area (Å²) >= 11 is 0.